The lowest BCUT2D eigenvalue weighted by atomic mass is 10.2. The van der Waals surface area contributed by atoms with Gasteiger partial charge in [-0.05, 0) is 0 Å². The van der Waals surface area contributed by atoms with Gasteiger partial charge in [0.1, 0.15) is 5.69 Å². The summed E-state index contributed by atoms with van der Waals surface area (Å²) in [6.07, 6.45) is 0. The van der Waals surface area contributed by atoms with E-state index in [1.54, 1.807) is 0 Å². The fourth-order valence-corrected chi connectivity index (χ4v) is 1.000. The van der Waals surface area contributed by atoms with Gasteiger partial charge in [0.25, 0.3) is 0 Å². The second-order valence-corrected chi connectivity index (χ2v) is 2.49. The smallest absolute Gasteiger partial charge is 0.346 e. The molecule has 0 saturated heterocycles. The Kier molecular flexibility index (Phi) is 2.78. The van der Waals surface area contributed by atoms with Gasteiger partial charge in [-0.1, -0.05) is 0 Å². The van der Waals surface area contributed by atoms with E-state index in [4.69, 9.17) is 0 Å². The highest BCUT2D eigenvalue weighted by molar-refractivity contribution is 5.53. The molecule has 0 amide bonds. The third kappa shape index (κ3) is 1.58. The summed E-state index contributed by atoms with van der Waals surface area (Å²) in [6.45, 7) is 0. The summed E-state index contributed by atoms with van der Waals surface area (Å²) in [7, 11) is 1.02. The van der Waals surface area contributed by atoms with E-state index >= 15 is 0 Å². The third-order valence-electron chi connectivity index (χ3n) is 1.67. The Morgan fingerprint density at radius 2 is 1.47 bits per heavy atom. The quantitative estimate of drug-likeness (QED) is 0.362. The normalized spacial score (nSPS) is 10.2. The zero-order valence-electron chi connectivity index (χ0n) is 7.28. The molecule has 1 N–H and O–H groups in total. The van der Waals surface area contributed by atoms with Crippen molar-refractivity contribution < 1.29 is 22.5 Å². The molecule has 0 aliphatic heterocycles. The largest absolute Gasteiger partial charge is 0.383 e. The minimum atomic E-state index is -2.04. The van der Waals surface area contributed by atoms with Crippen molar-refractivity contribution in [2.45, 2.75) is 0 Å². The van der Waals surface area contributed by atoms with E-state index in [9.17, 15) is 27.7 Å². The molecule has 0 fully saturated rings. The molecule has 0 spiro atoms. The van der Waals surface area contributed by atoms with Crippen molar-refractivity contribution in [1.82, 2.24) is 0 Å². The van der Waals surface area contributed by atoms with Crippen LogP contribution in [-0.4, -0.2) is 12.0 Å². The summed E-state index contributed by atoms with van der Waals surface area (Å²) in [6, 6.07) is 0. The number of nitrogens with zero attached hydrogens (tertiary/aromatic N) is 1. The van der Waals surface area contributed by atoms with Crippen LogP contribution < -0.4 is 5.32 Å². The number of halogens is 4. The van der Waals surface area contributed by atoms with Crippen LogP contribution in [0.5, 0.6) is 0 Å². The van der Waals surface area contributed by atoms with Gasteiger partial charge in [0, 0.05) is 7.05 Å². The molecule has 0 bridgehead atoms. The van der Waals surface area contributed by atoms with Crippen molar-refractivity contribution in [3.05, 3.63) is 33.4 Å². The Morgan fingerprint density at radius 3 is 1.73 bits per heavy atom. The molecule has 8 heteroatoms. The average molecular weight is 224 g/mol. The predicted octanol–water partition coefficient (Wildman–Crippen LogP) is 2.19. The fraction of sp³-hybridized carbons (Fsp3) is 0.143. The first kappa shape index (κ1) is 11.2. The van der Waals surface area contributed by atoms with E-state index in [0.717, 1.165) is 7.05 Å². The number of rotatable bonds is 2. The van der Waals surface area contributed by atoms with Gasteiger partial charge >= 0.3 is 5.69 Å². The molecule has 4 nitrogen and oxygen atoms in total. The molecule has 0 unspecified atom stereocenters. The molecular weight excluding hydrogens is 220 g/mol. The van der Waals surface area contributed by atoms with E-state index in [0.29, 0.717) is 0 Å². The van der Waals surface area contributed by atoms with Crippen molar-refractivity contribution in [2.75, 3.05) is 12.4 Å². The van der Waals surface area contributed by atoms with Gasteiger partial charge in [0.15, 0.2) is 11.6 Å². The molecule has 15 heavy (non-hydrogen) atoms. The molecule has 1 aromatic rings. The van der Waals surface area contributed by atoms with Crippen molar-refractivity contribution in [1.29, 1.82) is 0 Å². The van der Waals surface area contributed by atoms with Gasteiger partial charge in [-0.15, -0.1) is 0 Å². The van der Waals surface area contributed by atoms with Crippen LogP contribution >= 0.6 is 0 Å². The summed E-state index contributed by atoms with van der Waals surface area (Å²) >= 11 is 0. The molecule has 1 rings (SSSR count). The number of anilines is 1. The highest BCUT2D eigenvalue weighted by atomic mass is 19.2. The van der Waals surface area contributed by atoms with Crippen LogP contribution in [0.4, 0.5) is 28.9 Å². The summed E-state index contributed by atoms with van der Waals surface area (Å²) in [5.74, 6) is -7.74. The summed E-state index contributed by atoms with van der Waals surface area (Å²) in [4.78, 5) is 8.59. The standard InChI is InChI=1S/C7H4F4N2O2/c1-12-6-2(8)4(10)7(13(14)15)5(11)3(6)9/h12H,1H3. The monoisotopic (exact) mass is 224 g/mol. The van der Waals surface area contributed by atoms with Crippen molar-refractivity contribution in [2.24, 2.45) is 0 Å². The molecule has 0 atom stereocenters. The first-order valence-corrected chi connectivity index (χ1v) is 3.59. The lowest BCUT2D eigenvalue weighted by molar-refractivity contribution is -0.390. The Balaban J connectivity index is 3.66. The number of nitro benzene ring substituents is 1. The second-order valence-electron chi connectivity index (χ2n) is 2.49. The molecule has 0 aliphatic rings. The van der Waals surface area contributed by atoms with E-state index < -0.39 is 39.6 Å². The lowest BCUT2D eigenvalue weighted by Gasteiger charge is -2.06. The molecule has 0 aromatic heterocycles. The second kappa shape index (κ2) is 3.71. The minimum Gasteiger partial charge on any atom is -0.383 e. The Hall–Kier alpha value is -1.86. The summed E-state index contributed by atoms with van der Waals surface area (Å²) in [5, 5.41) is 12.0. The van der Waals surface area contributed by atoms with E-state index in [-0.39, 0.29) is 0 Å². The van der Waals surface area contributed by atoms with Gasteiger partial charge in [0.05, 0.1) is 4.92 Å². The van der Waals surface area contributed by atoms with Gasteiger partial charge < -0.3 is 5.32 Å². The number of hydrogen-bond donors (Lipinski definition) is 1. The zero-order chi connectivity index (χ0) is 11.7. The lowest BCUT2D eigenvalue weighted by Crippen LogP contribution is -2.07. The Morgan fingerprint density at radius 1 is 1.07 bits per heavy atom. The molecule has 0 heterocycles. The fourth-order valence-electron chi connectivity index (χ4n) is 1.000. The molecule has 1 aromatic carbocycles. The number of nitro groups is 1. The van der Waals surface area contributed by atoms with Crippen molar-refractivity contribution in [3.8, 4) is 0 Å². The molecule has 82 valence electrons. The van der Waals surface area contributed by atoms with Crippen LogP contribution in [0.2, 0.25) is 0 Å². The summed E-state index contributed by atoms with van der Waals surface area (Å²) < 4.78 is 51.6. The Bertz CT molecular complexity index is 406. The first-order valence-electron chi connectivity index (χ1n) is 3.59. The highest BCUT2D eigenvalue weighted by Gasteiger charge is 2.32. The van der Waals surface area contributed by atoms with Crippen LogP contribution in [0.15, 0.2) is 0 Å². The van der Waals surface area contributed by atoms with Gasteiger partial charge in [-0.3, -0.25) is 10.1 Å². The van der Waals surface area contributed by atoms with Gasteiger partial charge in [-0.2, -0.15) is 8.78 Å². The van der Waals surface area contributed by atoms with Crippen LogP contribution in [0, 0.1) is 33.4 Å². The maximum absolute atomic E-state index is 12.9. The number of benzene rings is 1. The first-order chi connectivity index (χ1) is 6.91. The average Bonchev–Trinajstić information content (AvgIpc) is 2.16. The maximum atomic E-state index is 12.9. The molecule has 0 saturated carbocycles. The molecule has 0 aliphatic carbocycles. The van der Waals surface area contributed by atoms with Crippen molar-refractivity contribution >= 4 is 11.4 Å². The van der Waals surface area contributed by atoms with E-state index in [2.05, 4.69) is 0 Å². The Labute approximate surface area is 80.7 Å². The van der Waals surface area contributed by atoms with Crippen LogP contribution in [0.3, 0.4) is 0 Å². The number of hydrogen-bond acceptors (Lipinski definition) is 3. The molecular formula is C7H4F4N2O2. The number of nitrogens with one attached hydrogen (secondary N) is 1. The van der Waals surface area contributed by atoms with Crippen LogP contribution in [0.25, 0.3) is 0 Å². The molecule has 0 radical (unpaired) electrons. The topological polar surface area (TPSA) is 55.2 Å². The minimum absolute atomic E-state index is 1.02. The third-order valence-corrected chi connectivity index (χ3v) is 1.67. The van der Waals surface area contributed by atoms with Crippen LogP contribution in [-0.2, 0) is 0 Å². The zero-order valence-corrected chi connectivity index (χ0v) is 7.28. The predicted molar refractivity (Wildman–Crippen MR) is 42.5 cm³/mol. The van der Waals surface area contributed by atoms with E-state index in [1.165, 1.54) is 0 Å². The highest BCUT2D eigenvalue weighted by Crippen LogP contribution is 2.32. The van der Waals surface area contributed by atoms with Crippen molar-refractivity contribution in [3.63, 3.8) is 0 Å². The summed E-state index contributed by atoms with van der Waals surface area (Å²) in [5.41, 5.74) is -2.93. The maximum Gasteiger partial charge on any atom is 0.346 e. The van der Waals surface area contributed by atoms with Crippen LogP contribution in [0.1, 0.15) is 0 Å². The van der Waals surface area contributed by atoms with Gasteiger partial charge in [-0.25, -0.2) is 8.78 Å². The van der Waals surface area contributed by atoms with E-state index in [1.807, 2.05) is 5.32 Å². The van der Waals surface area contributed by atoms with Gasteiger partial charge in [0.2, 0.25) is 11.6 Å². The SMILES string of the molecule is CNc1c(F)c(F)c([N+](=O)[O-])c(F)c1F.